The molecule has 0 spiro atoms. The quantitative estimate of drug-likeness (QED) is 0.103. The van der Waals surface area contributed by atoms with Crippen LogP contribution in [-0.2, 0) is 51.0 Å². The monoisotopic (exact) mass is 1030 g/mol. The maximum atomic E-state index is 16.8. The first kappa shape index (κ1) is 50.5. The van der Waals surface area contributed by atoms with Crippen molar-refractivity contribution in [3.05, 3.63) is 131 Å². The number of nitrogens with zero attached hydrogens (tertiary/aromatic N) is 8. The first-order valence-corrected chi connectivity index (χ1v) is 29.3. The number of aromatic nitrogens is 8. The molecule has 0 amide bonds. The molecule has 4 aromatic heterocycles. The van der Waals surface area contributed by atoms with E-state index in [0.717, 1.165) is 33.7 Å². The van der Waals surface area contributed by atoms with Gasteiger partial charge in [-0.05, 0) is 128 Å². The molecule has 0 radical (unpaired) electrons. The van der Waals surface area contributed by atoms with Crippen LogP contribution < -0.4 is 0 Å². The van der Waals surface area contributed by atoms with E-state index in [1.165, 1.54) is 58.2 Å². The maximum absolute atomic E-state index is 16.8. The average Bonchev–Trinajstić information content (AvgIpc) is 4.14. The smallest absolute Gasteiger partial charge is 0.232 e. The minimum atomic E-state index is -4.36. The van der Waals surface area contributed by atoms with Gasteiger partial charge >= 0.3 is 0 Å². The zero-order valence-electron chi connectivity index (χ0n) is 40.7. The Kier molecular flexibility index (Phi) is 12.5. The summed E-state index contributed by atoms with van der Waals surface area (Å²) >= 11 is 0. The van der Waals surface area contributed by atoms with Crippen molar-refractivity contribution >= 4 is 40.1 Å². The van der Waals surface area contributed by atoms with E-state index >= 15 is 8.78 Å². The summed E-state index contributed by atoms with van der Waals surface area (Å²) in [5, 5.41) is 21.6. The molecule has 6 aromatic rings. The summed E-state index contributed by atoms with van der Waals surface area (Å²) in [6, 6.07) is 14.7. The first-order valence-electron chi connectivity index (χ1n) is 23.4. The summed E-state index contributed by atoms with van der Waals surface area (Å²) in [6.07, 6.45) is 10.3. The van der Waals surface area contributed by atoms with E-state index in [4.69, 9.17) is 4.43 Å². The van der Waals surface area contributed by atoms with Gasteiger partial charge in [-0.1, -0.05) is 31.9 Å². The van der Waals surface area contributed by atoms with Gasteiger partial charge in [-0.15, -0.1) is 0 Å². The Balaban J connectivity index is 0.000000179. The van der Waals surface area contributed by atoms with Gasteiger partial charge in [-0.25, -0.2) is 43.8 Å². The second-order valence-electron chi connectivity index (χ2n) is 21.1. The van der Waals surface area contributed by atoms with Crippen LogP contribution in [0.2, 0.25) is 18.1 Å². The van der Waals surface area contributed by atoms with E-state index in [2.05, 4.69) is 54.3 Å². The molecule has 10 rings (SSSR count). The number of aliphatic hydroxyl groups is 1. The standard InChI is InChI=1S/C28H36F2N4O3SSi.C22H22F2N4O3S/c1-26(2,3)39(5,6)37-19-27-16-20-17-31-34(23-9-7-22(29)8-10-23)24(20)15-21(27)11-13-28(30,18-27)38(35,36)25-12-14-33(4)32-25;1-27-9-7-20(26-27)32(30,31)22(24)8-6-16-10-19-15(11-21(16,13-22)14-29)12-25-28(19)18-4-2-17(23)3-5-18/h7-10,12,14-15,17H,11,13,16,18-19H2,1-6H3;2-5,7,9-10,12,29H,6,8,11,13-14H2,1H3/t27-,28+;21-,22+/m11/s1. The lowest BCUT2D eigenvalue weighted by Crippen LogP contribution is -2.51. The van der Waals surface area contributed by atoms with Crippen molar-refractivity contribution in [3.8, 4) is 11.4 Å². The summed E-state index contributed by atoms with van der Waals surface area (Å²) in [5.41, 5.74) is 4.51. The molecule has 21 heteroatoms. The summed E-state index contributed by atoms with van der Waals surface area (Å²) in [5.74, 6) is -0.686. The number of sulfone groups is 2. The lowest BCUT2D eigenvalue weighted by molar-refractivity contribution is 0.0671. The number of hydrogen-bond donors (Lipinski definition) is 1. The van der Waals surface area contributed by atoms with Gasteiger partial charge in [0.2, 0.25) is 29.7 Å². The van der Waals surface area contributed by atoms with Crippen LogP contribution in [0.5, 0.6) is 0 Å². The lowest BCUT2D eigenvalue weighted by Gasteiger charge is -2.49. The van der Waals surface area contributed by atoms with Crippen LogP contribution >= 0.6 is 0 Å². The fourth-order valence-electron chi connectivity index (χ4n) is 10.2. The van der Waals surface area contributed by atoms with E-state index in [1.54, 1.807) is 60.1 Å². The van der Waals surface area contributed by atoms with E-state index in [1.807, 2.05) is 12.2 Å². The van der Waals surface area contributed by atoms with Crippen LogP contribution in [0.25, 0.3) is 23.5 Å². The van der Waals surface area contributed by atoms with Gasteiger partial charge in [0, 0.05) is 69.6 Å². The van der Waals surface area contributed by atoms with Crippen LogP contribution in [0.1, 0.15) is 81.8 Å². The molecule has 2 aromatic carbocycles. The largest absolute Gasteiger partial charge is 0.416 e. The molecular formula is C50H58F4N8O6S2Si. The second kappa shape index (κ2) is 17.6. The normalized spacial score (nSPS) is 24.4. The molecule has 14 nitrogen and oxygen atoms in total. The van der Waals surface area contributed by atoms with Crippen LogP contribution in [-0.4, -0.2) is 92.6 Å². The van der Waals surface area contributed by atoms with Crippen molar-refractivity contribution in [1.29, 1.82) is 0 Å². The molecule has 0 saturated heterocycles. The maximum Gasteiger partial charge on any atom is 0.232 e. The van der Waals surface area contributed by atoms with Gasteiger partial charge in [0.05, 0.1) is 41.8 Å². The predicted octanol–water partition coefficient (Wildman–Crippen LogP) is 9.00. The van der Waals surface area contributed by atoms with Crippen molar-refractivity contribution in [3.63, 3.8) is 0 Å². The minimum Gasteiger partial charge on any atom is -0.416 e. The van der Waals surface area contributed by atoms with Crippen LogP contribution in [0.3, 0.4) is 0 Å². The summed E-state index contributed by atoms with van der Waals surface area (Å²) in [6.45, 7) is 10.6. The molecule has 2 fully saturated rings. The number of halogens is 4. The summed E-state index contributed by atoms with van der Waals surface area (Å²) < 4.78 is 126. The second-order valence-corrected chi connectivity index (χ2v) is 30.3. The van der Waals surface area contributed by atoms with Crippen LogP contribution in [0, 0.1) is 22.5 Å². The molecule has 0 aliphatic heterocycles. The number of fused-ring (bicyclic) bond motifs is 4. The third-order valence-electron chi connectivity index (χ3n) is 15.4. The van der Waals surface area contributed by atoms with Crippen molar-refractivity contribution in [1.82, 2.24) is 39.1 Å². The summed E-state index contributed by atoms with van der Waals surface area (Å²) in [4.78, 5) is 0. The van der Waals surface area contributed by atoms with Gasteiger partial charge in [-0.3, -0.25) is 9.36 Å². The van der Waals surface area contributed by atoms with Gasteiger partial charge in [0.25, 0.3) is 0 Å². The Labute approximate surface area is 412 Å². The third-order valence-corrected chi connectivity index (χ3v) is 24.0. The zero-order chi connectivity index (χ0) is 51.2. The molecule has 2 saturated carbocycles. The molecule has 4 aliphatic carbocycles. The minimum absolute atomic E-state index is 0.0671. The summed E-state index contributed by atoms with van der Waals surface area (Å²) in [7, 11) is -7.76. The topological polar surface area (TPSA) is 169 Å². The van der Waals surface area contributed by atoms with E-state index in [0.29, 0.717) is 17.8 Å². The van der Waals surface area contributed by atoms with Crippen LogP contribution in [0.15, 0.2) is 107 Å². The zero-order valence-corrected chi connectivity index (χ0v) is 43.3. The molecule has 4 heterocycles. The van der Waals surface area contributed by atoms with Gasteiger partial charge in [0.1, 0.15) is 11.6 Å². The Hall–Kier alpha value is -5.48. The average molecular weight is 1040 g/mol. The Morgan fingerprint density at radius 2 is 1.08 bits per heavy atom. The van der Waals surface area contributed by atoms with E-state index in [9.17, 15) is 30.7 Å². The predicted molar refractivity (Wildman–Crippen MR) is 262 cm³/mol. The van der Waals surface area contributed by atoms with Gasteiger partial charge in [-0.2, -0.15) is 20.4 Å². The van der Waals surface area contributed by atoms with Crippen molar-refractivity contribution < 1.29 is 43.9 Å². The Morgan fingerprint density at radius 3 is 1.48 bits per heavy atom. The highest BCUT2D eigenvalue weighted by atomic mass is 32.2. The molecule has 0 bridgehead atoms. The number of alkyl halides is 2. The van der Waals surface area contributed by atoms with Crippen molar-refractivity contribution in [2.24, 2.45) is 24.9 Å². The Bertz CT molecular complexity index is 3310. The van der Waals surface area contributed by atoms with Crippen molar-refractivity contribution in [2.45, 2.75) is 110 Å². The van der Waals surface area contributed by atoms with Crippen molar-refractivity contribution in [2.75, 3.05) is 13.2 Å². The SMILES string of the molecule is Cn1ccc(S(=O)(=O)[C@@]2(F)CCC3=Cc4c(cnn4-c4ccc(F)cc4)C[C@]3(CO)C2)n1.Cn1ccc(S(=O)(=O)[C@@]2(F)CCC3=Cc4c(cnn4-c4ccc(F)cc4)C[C@]3(CO[Si](C)(C)C(C)(C)C)C2)n1. The number of hydrogen-bond acceptors (Lipinski definition) is 10. The molecule has 378 valence electrons. The molecule has 0 unspecified atom stereocenters. The first-order chi connectivity index (χ1) is 33.2. The molecule has 1 N–H and O–H groups in total. The Morgan fingerprint density at radius 1 is 0.676 bits per heavy atom. The number of benzene rings is 2. The fourth-order valence-corrected chi connectivity index (χ4v) is 14.7. The molecular weight excluding hydrogens is 977 g/mol. The highest BCUT2D eigenvalue weighted by Gasteiger charge is 2.59. The molecule has 4 atom stereocenters. The number of rotatable bonds is 10. The number of aliphatic hydroxyl groups excluding tert-OH is 1. The molecule has 71 heavy (non-hydrogen) atoms. The molecule has 4 aliphatic rings. The van der Waals surface area contributed by atoms with E-state index < -0.39 is 48.8 Å². The fraction of sp³-hybridized carbons (Fsp3) is 0.440. The lowest BCUT2D eigenvalue weighted by atomic mass is 9.64. The van der Waals surface area contributed by atoms with Crippen LogP contribution in [0.4, 0.5) is 17.6 Å². The highest BCUT2D eigenvalue weighted by Crippen LogP contribution is 2.57. The van der Waals surface area contributed by atoms with Gasteiger partial charge < -0.3 is 9.53 Å². The number of aryl methyl sites for hydroxylation is 2. The van der Waals surface area contributed by atoms with Gasteiger partial charge in [0.15, 0.2) is 18.4 Å². The third kappa shape index (κ3) is 8.77. The highest BCUT2D eigenvalue weighted by molar-refractivity contribution is 7.92. The van der Waals surface area contributed by atoms with E-state index in [-0.39, 0.29) is 84.9 Å².